The van der Waals surface area contributed by atoms with Crippen LogP contribution in [0.4, 0.5) is 0 Å². The Morgan fingerprint density at radius 2 is 1.96 bits per heavy atom. The van der Waals surface area contributed by atoms with Gasteiger partial charge in [-0.05, 0) is 49.6 Å². The molecule has 1 aromatic carbocycles. The van der Waals surface area contributed by atoms with Gasteiger partial charge in [-0.2, -0.15) is 0 Å². The number of H-pyrrole nitrogens is 1. The van der Waals surface area contributed by atoms with Gasteiger partial charge in [0.1, 0.15) is 4.70 Å². The third-order valence-electron chi connectivity index (χ3n) is 4.74. The molecule has 0 saturated heterocycles. The van der Waals surface area contributed by atoms with Crippen molar-refractivity contribution in [2.75, 3.05) is 0 Å². The minimum atomic E-state index is -0.394. The fourth-order valence-corrected chi connectivity index (χ4v) is 3.97. The average Bonchev–Trinajstić information content (AvgIpc) is 3.15. The molecule has 2 aromatic heterocycles. The van der Waals surface area contributed by atoms with Crippen LogP contribution in [0.5, 0.6) is 0 Å². The molecule has 2 N–H and O–H groups in total. The second-order valence-corrected chi connectivity index (χ2v) is 7.92. The number of rotatable bonds is 9. The lowest BCUT2D eigenvalue weighted by molar-refractivity contribution is -0.121. The lowest BCUT2D eigenvalue weighted by atomic mass is 10.1. The molecule has 3 rings (SSSR count). The molecule has 0 spiro atoms. The van der Waals surface area contributed by atoms with E-state index in [1.807, 2.05) is 25.1 Å². The summed E-state index contributed by atoms with van der Waals surface area (Å²) in [5.74, 6) is 0.00975. The Hall–Kier alpha value is -2.67. The van der Waals surface area contributed by atoms with Crippen molar-refractivity contribution in [3.63, 3.8) is 0 Å². The molecule has 3 aromatic rings. The predicted molar refractivity (Wildman–Crippen MR) is 113 cm³/mol. The molecule has 0 aliphatic heterocycles. The molecule has 6 nitrogen and oxygen atoms in total. The number of nitrogens with one attached hydrogen (secondary N) is 2. The number of benzene rings is 1. The maximum Gasteiger partial charge on any atom is 0.328 e. The minimum absolute atomic E-state index is 0.00975. The van der Waals surface area contributed by atoms with Gasteiger partial charge in [-0.25, -0.2) is 4.79 Å². The summed E-state index contributed by atoms with van der Waals surface area (Å²) in [5.41, 5.74) is 1.20. The van der Waals surface area contributed by atoms with E-state index in [9.17, 15) is 14.4 Å². The van der Waals surface area contributed by atoms with Crippen molar-refractivity contribution in [1.29, 1.82) is 0 Å². The number of amides is 1. The Morgan fingerprint density at radius 3 is 2.75 bits per heavy atom. The van der Waals surface area contributed by atoms with Gasteiger partial charge in [-0.3, -0.25) is 14.2 Å². The number of aromatic nitrogens is 2. The molecule has 28 heavy (non-hydrogen) atoms. The van der Waals surface area contributed by atoms with Crippen molar-refractivity contribution in [3.8, 4) is 0 Å². The Kier molecular flexibility index (Phi) is 6.81. The summed E-state index contributed by atoms with van der Waals surface area (Å²) in [6, 6.07) is 12.1. The molecule has 0 aliphatic carbocycles. The van der Waals surface area contributed by atoms with Gasteiger partial charge in [0.05, 0.1) is 5.52 Å². The zero-order chi connectivity index (χ0) is 19.9. The molecule has 0 saturated carbocycles. The minimum Gasteiger partial charge on any atom is -0.354 e. The Balaban J connectivity index is 1.41. The molecule has 2 heterocycles. The number of carbonyl (C=O) groups is 1. The molecular weight excluding hydrogens is 374 g/mol. The van der Waals surface area contributed by atoms with Gasteiger partial charge in [-0.15, -0.1) is 11.3 Å². The lowest BCUT2D eigenvalue weighted by Crippen LogP contribution is -2.35. The summed E-state index contributed by atoms with van der Waals surface area (Å²) in [6.07, 6.45) is 3.45. The van der Waals surface area contributed by atoms with Crippen LogP contribution in [-0.4, -0.2) is 21.5 Å². The van der Waals surface area contributed by atoms with Crippen LogP contribution in [0.15, 0.2) is 51.4 Å². The summed E-state index contributed by atoms with van der Waals surface area (Å²) in [5, 5.41) is 4.81. The Morgan fingerprint density at radius 1 is 1.18 bits per heavy atom. The number of aromatic amines is 1. The number of hydrogen-bond acceptors (Lipinski definition) is 4. The van der Waals surface area contributed by atoms with Gasteiger partial charge >= 0.3 is 5.69 Å². The molecule has 7 heteroatoms. The van der Waals surface area contributed by atoms with Crippen LogP contribution in [0, 0.1) is 0 Å². The van der Waals surface area contributed by atoms with Gasteiger partial charge in [0.2, 0.25) is 5.91 Å². The molecule has 0 radical (unpaired) electrons. The Labute approximate surface area is 167 Å². The van der Waals surface area contributed by atoms with Crippen molar-refractivity contribution in [2.45, 2.75) is 51.6 Å². The second kappa shape index (κ2) is 9.50. The number of aryl methyl sites for hydroxylation is 1. The van der Waals surface area contributed by atoms with Crippen molar-refractivity contribution in [1.82, 2.24) is 14.9 Å². The van der Waals surface area contributed by atoms with E-state index in [0.29, 0.717) is 36.0 Å². The first-order valence-corrected chi connectivity index (χ1v) is 10.5. The molecule has 0 bridgehead atoms. The van der Waals surface area contributed by atoms with Crippen LogP contribution in [-0.2, 0) is 17.8 Å². The van der Waals surface area contributed by atoms with E-state index < -0.39 is 5.69 Å². The summed E-state index contributed by atoms with van der Waals surface area (Å²) < 4.78 is 1.78. The van der Waals surface area contributed by atoms with Crippen LogP contribution in [0.1, 0.15) is 38.2 Å². The average molecular weight is 400 g/mol. The van der Waals surface area contributed by atoms with Crippen LogP contribution >= 0.6 is 11.3 Å². The smallest absolute Gasteiger partial charge is 0.328 e. The van der Waals surface area contributed by atoms with Crippen LogP contribution < -0.4 is 16.6 Å². The monoisotopic (exact) mass is 399 g/mol. The van der Waals surface area contributed by atoms with E-state index in [1.54, 1.807) is 11.4 Å². The van der Waals surface area contributed by atoms with Crippen molar-refractivity contribution in [3.05, 3.63) is 68.2 Å². The number of nitrogens with zero attached hydrogens (tertiary/aromatic N) is 1. The molecule has 0 fully saturated rings. The number of thiophene rings is 1. The Bertz CT molecular complexity index is 1040. The number of hydrogen-bond donors (Lipinski definition) is 2. The summed E-state index contributed by atoms with van der Waals surface area (Å²) >= 11 is 1.32. The normalized spacial score (nSPS) is 12.2. The number of fused-ring (bicyclic) bond motifs is 1. The standard InChI is InChI=1S/C21H25N3O3S/c1-15(10-11-16-7-3-2-4-8-16)22-18(25)9-5-6-13-24-20(26)19-17(12-14-28-19)23-21(24)27/h2-4,7-8,12,14-15H,5-6,9-11,13H2,1H3,(H,22,25)(H,23,27)/t15-/m1/s1. The van der Waals surface area contributed by atoms with Gasteiger partial charge in [0.15, 0.2) is 0 Å². The van der Waals surface area contributed by atoms with Gasteiger partial charge < -0.3 is 10.3 Å². The second-order valence-electron chi connectivity index (χ2n) is 7.00. The quantitative estimate of drug-likeness (QED) is 0.543. The third-order valence-corrected chi connectivity index (χ3v) is 5.65. The van der Waals surface area contributed by atoms with E-state index in [-0.39, 0.29) is 17.5 Å². The van der Waals surface area contributed by atoms with E-state index in [2.05, 4.69) is 22.4 Å². The van der Waals surface area contributed by atoms with Gasteiger partial charge in [0.25, 0.3) is 5.56 Å². The highest BCUT2D eigenvalue weighted by Crippen LogP contribution is 2.12. The maximum absolute atomic E-state index is 12.3. The molecular formula is C21H25N3O3S. The van der Waals surface area contributed by atoms with Crippen LogP contribution in [0.2, 0.25) is 0 Å². The SMILES string of the molecule is C[C@H](CCc1ccccc1)NC(=O)CCCCn1c(=O)[nH]c2ccsc2c1=O. The highest BCUT2D eigenvalue weighted by molar-refractivity contribution is 7.17. The predicted octanol–water partition coefficient (Wildman–Crippen LogP) is 3.06. The van der Waals surface area contributed by atoms with Crippen molar-refractivity contribution >= 4 is 27.5 Å². The van der Waals surface area contributed by atoms with E-state index in [0.717, 1.165) is 12.8 Å². The van der Waals surface area contributed by atoms with Crippen LogP contribution in [0.25, 0.3) is 10.2 Å². The molecule has 1 atom stereocenters. The zero-order valence-electron chi connectivity index (χ0n) is 15.9. The molecule has 0 unspecified atom stereocenters. The highest BCUT2D eigenvalue weighted by Gasteiger charge is 2.10. The first-order valence-electron chi connectivity index (χ1n) is 9.58. The van der Waals surface area contributed by atoms with Crippen molar-refractivity contribution < 1.29 is 4.79 Å². The van der Waals surface area contributed by atoms with Crippen LogP contribution in [0.3, 0.4) is 0 Å². The maximum atomic E-state index is 12.3. The molecule has 148 valence electrons. The first kappa shape index (κ1) is 20.1. The van der Waals surface area contributed by atoms with E-state index in [1.165, 1.54) is 21.5 Å². The first-order chi connectivity index (χ1) is 13.5. The van der Waals surface area contributed by atoms with Crippen molar-refractivity contribution in [2.24, 2.45) is 0 Å². The summed E-state index contributed by atoms with van der Waals surface area (Å²) in [6.45, 7) is 2.33. The molecule has 1 amide bonds. The lowest BCUT2D eigenvalue weighted by Gasteiger charge is -2.14. The van der Waals surface area contributed by atoms with E-state index >= 15 is 0 Å². The van der Waals surface area contributed by atoms with Gasteiger partial charge in [-0.1, -0.05) is 30.3 Å². The fourth-order valence-electron chi connectivity index (χ4n) is 3.18. The number of carbonyl (C=O) groups excluding carboxylic acids is 1. The number of unbranched alkanes of at least 4 members (excludes halogenated alkanes) is 1. The summed E-state index contributed by atoms with van der Waals surface area (Å²) in [4.78, 5) is 39.2. The fraction of sp³-hybridized carbons (Fsp3) is 0.381. The topological polar surface area (TPSA) is 84.0 Å². The highest BCUT2D eigenvalue weighted by atomic mass is 32.1. The largest absolute Gasteiger partial charge is 0.354 e. The molecule has 0 aliphatic rings. The van der Waals surface area contributed by atoms with E-state index in [4.69, 9.17) is 0 Å². The summed E-state index contributed by atoms with van der Waals surface area (Å²) in [7, 11) is 0. The zero-order valence-corrected chi connectivity index (χ0v) is 16.8. The van der Waals surface area contributed by atoms with Gasteiger partial charge in [0, 0.05) is 19.0 Å². The third kappa shape index (κ3) is 5.19.